The lowest BCUT2D eigenvalue weighted by atomic mass is 10.0. The highest BCUT2D eigenvalue weighted by Gasteiger charge is 2.38. The summed E-state index contributed by atoms with van der Waals surface area (Å²) in [6.45, 7) is 7.06. The Hall–Kier alpha value is -6.44. The van der Waals surface area contributed by atoms with Gasteiger partial charge >= 0.3 is 12.2 Å². The van der Waals surface area contributed by atoms with Crippen LogP contribution in [0, 0.1) is 5.92 Å². The molecule has 0 spiro atoms. The molecule has 314 valence electrons. The van der Waals surface area contributed by atoms with Gasteiger partial charge in [-0.3, -0.25) is 9.59 Å². The standard InChI is InChI=1S/C46H54N8O6/c1-6-29-11-13-30(14-12-29)25-35(51-45(57)59-4)43(55)53-23-7-9-38(53)41-47-26-36(49-41)33-19-15-31(16-20-33)32-17-21-34(22-18-32)37-27-48-42(50-37)39-10-8-24-54(39)44(56)40(28(2)3)52-46(58)60-5/h11-22,26-28,35,38-40H,6-10,23-25H2,1-5H3,(H,47,49)(H,48,50)(H,51,57)(H,52,58)/t35-,38-,39-,40-/m0/s1. The molecule has 4 N–H and O–H groups in total. The topological polar surface area (TPSA) is 175 Å². The maximum Gasteiger partial charge on any atom is 0.407 e. The number of hydrogen-bond donors (Lipinski definition) is 4. The van der Waals surface area contributed by atoms with Gasteiger partial charge in [0.2, 0.25) is 11.8 Å². The molecule has 2 aliphatic rings. The Morgan fingerprint density at radius 2 is 1.12 bits per heavy atom. The van der Waals surface area contributed by atoms with Gasteiger partial charge in [-0.1, -0.05) is 93.6 Å². The molecule has 4 amide bonds. The third-order valence-corrected chi connectivity index (χ3v) is 11.7. The van der Waals surface area contributed by atoms with Crippen LogP contribution in [0.5, 0.6) is 0 Å². The summed E-state index contributed by atoms with van der Waals surface area (Å²) in [5.74, 6) is 1.02. The first-order valence-corrected chi connectivity index (χ1v) is 20.8. The molecule has 14 heteroatoms. The van der Waals surface area contributed by atoms with Crippen LogP contribution in [0.1, 0.15) is 81.3 Å². The zero-order valence-electron chi connectivity index (χ0n) is 34.9. The number of nitrogens with one attached hydrogen (secondary N) is 4. The monoisotopic (exact) mass is 814 g/mol. The van der Waals surface area contributed by atoms with E-state index in [0.29, 0.717) is 25.3 Å². The number of amides is 4. The van der Waals surface area contributed by atoms with E-state index in [2.05, 4.69) is 81.0 Å². The van der Waals surface area contributed by atoms with Crippen molar-refractivity contribution in [3.8, 4) is 33.6 Å². The van der Waals surface area contributed by atoms with Crippen LogP contribution >= 0.6 is 0 Å². The Kier molecular flexibility index (Phi) is 13.0. The molecule has 0 saturated carbocycles. The highest BCUT2D eigenvalue weighted by molar-refractivity contribution is 5.87. The largest absolute Gasteiger partial charge is 0.453 e. The third-order valence-electron chi connectivity index (χ3n) is 11.7. The summed E-state index contributed by atoms with van der Waals surface area (Å²) in [4.78, 5) is 71.8. The maximum atomic E-state index is 14.0. The number of methoxy groups -OCH3 is 2. The van der Waals surface area contributed by atoms with E-state index in [9.17, 15) is 19.2 Å². The molecule has 4 heterocycles. The van der Waals surface area contributed by atoms with Crippen molar-refractivity contribution in [2.75, 3.05) is 27.3 Å². The number of aromatic nitrogens is 4. The number of imidazole rings is 2. The molecule has 2 fully saturated rings. The molecule has 2 aromatic heterocycles. The normalized spacial score (nSPS) is 17.4. The Morgan fingerprint density at radius 1 is 0.667 bits per heavy atom. The number of nitrogens with zero attached hydrogens (tertiary/aromatic N) is 4. The summed E-state index contributed by atoms with van der Waals surface area (Å²) in [7, 11) is 2.59. The Labute approximate surface area is 350 Å². The summed E-state index contributed by atoms with van der Waals surface area (Å²) in [6, 6.07) is 22.7. The first-order valence-electron chi connectivity index (χ1n) is 20.8. The highest BCUT2D eigenvalue weighted by Crippen LogP contribution is 2.35. The second kappa shape index (κ2) is 18.6. The van der Waals surface area contributed by atoms with E-state index in [0.717, 1.165) is 77.1 Å². The van der Waals surface area contributed by atoms with E-state index in [1.807, 2.05) is 47.9 Å². The van der Waals surface area contributed by atoms with Crippen LogP contribution < -0.4 is 10.6 Å². The number of aromatic amines is 2. The summed E-state index contributed by atoms with van der Waals surface area (Å²) < 4.78 is 9.64. The number of carbonyl (C=O) groups is 4. The summed E-state index contributed by atoms with van der Waals surface area (Å²) in [5.41, 5.74) is 7.92. The molecule has 3 aromatic carbocycles. The van der Waals surface area contributed by atoms with E-state index >= 15 is 0 Å². The van der Waals surface area contributed by atoms with Gasteiger partial charge in [0, 0.05) is 19.5 Å². The first kappa shape index (κ1) is 41.7. The molecule has 2 aliphatic heterocycles. The van der Waals surface area contributed by atoms with Gasteiger partial charge in [0.1, 0.15) is 23.7 Å². The molecular weight excluding hydrogens is 761 g/mol. The van der Waals surface area contributed by atoms with Crippen LogP contribution in [-0.2, 0) is 31.9 Å². The molecule has 60 heavy (non-hydrogen) atoms. The van der Waals surface area contributed by atoms with Gasteiger partial charge in [0.25, 0.3) is 0 Å². The SMILES string of the molecule is CCc1ccc(C[C@H](NC(=O)OC)C(=O)N2CCC[C@H]2c2ncc(-c3ccc(-c4ccc(-c5cnc([C@@H]6CCCN6C(=O)[C@@H](NC(=O)OC)C(C)C)[nH]5)cc4)cc3)[nH]2)cc1. The lowest BCUT2D eigenvalue weighted by molar-refractivity contribution is -0.135. The molecule has 5 aromatic rings. The summed E-state index contributed by atoms with van der Waals surface area (Å²) in [6.07, 6.45) is 6.83. The molecular formula is C46H54N8O6. The van der Waals surface area contributed by atoms with Gasteiger partial charge < -0.3 is 39.9 Å². The van der Waals surface area contributed by atoms with Gasteiger partial charge in [-0.2, -0.15) is 0 Å². The molecule has 2 saturated heterocycles. The minimum Gasteiger partial charge on any atom is -0.453 e. The second-order valence-electron chi connectivity index (χ2n) is 15.8. The molecule has 0 unspecified atom stereocenters. The Balaban J connectivity index is 0.998. The molecule has 4 atom stereocenters. The Bertz CT molecular complexity index is 2270. The molecule has 0 aliphatic carbocycles. The fourth-order valence-electron chi connectivity index (χ4n) is 8.25. The minimum atomic E-state index is -0.777. The molecule has 0 radical (unpaired) electrons. The molecule has 0 bridgehead atoms. The number of alkyl carbamates (subject to hydrolysis) is 2. The lowest BCUT2D eigenvalue weighted by Crippen LogP contribution is -2.51. The quantitative estimate of drug-likeness (QED) is 0.0953. The van der Waals surface area contributed by atoms with Gasteiger partial charge in [-0.25, -0.2) is 19.6 Å². The summed E-state index contributed by atoms with van der Waals surface area (Å²) in [5, 5.41) is 5.47. The van der Waals surface area contributed by atoms with Crippen molar-refractivity contribution in [2.24, 2.45) is 5.92 Å². The Morgan fingerprint density at radius 3 is 1.58 bits per heavy atom. The van der Waals surface area contributed by atoms with Crippen molar-refractivity contribution < 1.29 is 28.7 Å². The van der Waals surface area contributed by atoms with Crippen molar-refractivity contribution >= 4 is 24.0 Å². The number of carbonyl (C=O) groups excluding carboxylic acids is 4. The number of rotatable bonds is 13. The van der Waals surface area contributed by atoms with E-state index in [-0.39, 0.29) is 29.8 Å². The van der Waals surface area contributed by atoms with Gasteiger partial charge in [-0.15, -0.1) is 0 Å². The summed E-state index contributed by atoms with van der Waals surface area (Å²) >= 11 is 0. The van der Waals surface area contributed by atoms with Crippen LogP contribution in [0.25, 0.3) is 33.6 Å². The highest BCUT2D eigenvalue weighted by atomic mass is 16.5. The van der Waals surface area contributed by atoms with Crippen molar-refractivity contribution in [3.63, 3.8) is 0 Å². The average Bonchev–Trinajstić information content (AvgIpc) is 4.12. The zero-order chi connectivity index (χ0) is 42.3. The van der Waals surface area contributed by atoms with Gasteiger partial charge in [0.15, 0.2) is 0 Å². The fraction of sp³-hybridized carbons (Fsp3) is 0.391. The van der Waals surface area contributed by atoms with Crippen molar-refractivity contribution in [3.05, 3.63) is 108 Å². The average molecular weight is 815 g/mol. The maximum absolute atomic E-state index is 14.0. The van der Waals surface area contributed by atoms with Crippen LogP contribution in [0.2, 0.25) is 0 Å². The predicted octanol–water partition coefficient (Wildman–Crippen LogP) is 7.37. The number of H-pyrrole nitrogens is 2. The second-order valence-corrected chi connectivity index (χ2v) is 15.8. The van der Waals surface area contributed by atoms with Crippen LogP contribution in [0.4, 0.5) is 9.59 Å². The number of likely N-dealkylation sites (tertiary alicyclic amines) is 2. The van der Waals surface area contributed by atoms with Gasteiger partial charge in [-0.05, 0) is 71.4 Å². The van der Waals surface area contributed by atoms with E-state index in [1.165, 1.54) is 19.8 Å². The van der Waals surface area contributed by atoms with Crippen molar-refractivity contribution in [1.82, 2.24) is 40.4 Å². The number of benzene rings is 3. The number of aryl methyl sites for hydroxylation is 1. The van der Waals surface area contributed by atoms with E-state index in [1.54, 1.807) is 12.4 Å². The van der Waals surface area contributed by atoms with Crippen LogP contribution in [0.3, 0.4) is 0 Å². The predicted molar refractivity (Wildman–Crippen MR) is 227 cm³/mol. The number of hydrogen-bond acceptors (Lipinski definition) is 8. The van der Waals surface area contributed by atoms with Gasteiger partial charge in [0.05, 0.1) is 50.1 Å². The fourth-order valence-corrected chi connectivity index (χ4v) is 8.25. The van der Waals surface area contributed by atoms with Crippen molar-refractivity contribution in [2.45, 2.75) is 83.5 Å². The minimum absolute atomic E-state index is 0.108. The van der Waals surface area contributed by atoms with Crippen molar-refractivity contribution in [1.29, 1.82) is 0 Å². The van der Waals surface area contributed by atoms with Crippen LogP contribution in [0.15, 0.2) is 85.2 Å². The molecule has 7 rings (SSSR count). The lowest BCUT2D eigenvalue weighted by Gasteiger charge is -2.30. The van der Waals surface area contributed by atoms with E-state index < -0.39 is 24.3 Å². The van der Waals surface area contributed by atoms with Crippen LogP contribution in [-0.4, -0.2) is 93.1 Å². The third kappa shape index (κ3) is 9.22. The number of ether oxygens (including phenoxy) is 2. The molecule has 14 nitrogen and oxygen atoms in total. The zero-order valence-corrected chi connectivity index (χ0v) is 34.9. The smallest absolute Gasteiger partial charge is 0.407 e. The van der Waals surface area contributed by atoms with E-state index in [4.69, 9.17) is 14.5 Å². The first-order chi connectivity index (χ1) is 29.1.